The van der Waals surface area contributed by atoms with Gasteiger partial charge >= 0.3 is 0 Å². The van der Waals surface area contributed by atoms with Gasteiger partial charge in [-0.3, -0.25) is 4.98 Å². The third-order valence-electron chi connectivity index (χ3n) is 1.94. The molecule has 84 valence electrons. The highest BCUT2D eigenvalue weighted by Gasteiger charge is 2.08. The molecule has 0 saturated heterocycles. The molecule has 0 bridgehead atoms. The Morgan fingerprint density at radius 2 is 2.19 bits per heavy atom. The van der Waals surface area contributed by atoms with Crippen molar-refractivity contribution < 1.29 is 4.42 Å². The highest BCUT2D eigenvalue weighted by Crippen LogP contribution is 2.20. The van der Waals surface area contributed by atoms with Gasteiger partial charge in [-0.2, -0.15) is 0 Å². The fraction of sp³-hybridized carbons (Fsp3) is 0.300. The molecule has 2 aromatic heterocycles. The molecule has 0 aliphatic rings. The monoisotopic (exact) mass is 301 g/mol. The summed E-state index contributed by atoms with van der Waals surface area (Å²) in [6.07, 6.45) is 4.93. The molecule has 2 aromatic rings. The quantitative estimate of drug-likeness (QED) is 0.815. The molecule has 0 aliphatic carbocycles. The molecule has 0 fully saturated rings. The van der Waals surface area contributed by atoms with E-state index < -0.39 is 0 Å². The normalized spacial score (nSPS) is 10.6. The Kier molecular flexibility index (Phi) is 3.90. The van der Waals surface area contributed by atoms with Crippen LogP contribution in [-0.4, -0.2) is 21.1 Å². The smallest absolute Gasteiger partial charge is 0.249 e. The molecule has 0 aromatic carbocycles. The topological polar surface area (TPSA) is 51.8 Å². The van der Waals surface area contributed by atoms with Crippen molar-refractivity contribution in [3.05, 3.63) is 28.8 Å². The van der Waals surface area contributed by atoms with Gasteiger partial charge in [0.05, 0.1) is 5.56 Å². The standard InChI is InChI=1S/C10H9BrClN3O/c11-8-4-7(5-13-6-8)10-15-14-9(16-10)2-1-3-12/h4-6H,1-3H2. The van der Waals surface area contributed by atoms with Crippen molar-refractivity contribution >= 4 is 27.5 Å². The largest absolute Gasteiger partial charge is 0.421 e. The lowest BCUT2D eigenvalue weighted by molar-refractivity contribution is 0.502. The van der Waals surface area contributed by atoms with Crippen LogP contribution in [0, 0.1) is 0 Å². The zero-order valence-corrected chi connectivity index (χ0v) is 10.7. The van der Waals surface area contributed by atoms with Crippen molar-refractivity contribution in [2.75, 3.05) is 5.88 Å². The van der Waals surface area contributed by atoms with E-state index in [1.54, 1.807) is 12.4 Å². The molecule has 0 atom stereocenters. The summed E-state index contributed by atoms with van der Waals surface area (Å²) in [6.45, 7) is 0. The SMILES string of the molecule is ClCCCc1nnc(-c2cncc(Br)c2)o1. The predicted molar refractivity (Wildman–Crippen MR) is 64.3 cm³/mol. The van der Waals surface area contributed by atoms with E-state index >= 15 is 0 Å². The summed E-state index contributed by atoms with van der Waals surface area (Å²) in [5, 5.41) is 7.90. The molecule has 2 rings (SSSR count). The molecule has 0 N–H and O–H groups in total. The molecule has 4 nitrogen and oxygen atoms in total. The Balaban J connectivity index is 2.18. The van der Waals surface area contributed by atoms with Gasteiger partial charge in [0.25, 0.3) is 0 Å². The van der Waals surface area contributed by atoms with Crippen LogP contribution in [-0.2, 0) is 6.42 Å². The molecule has 16 heavy (non-hydrogen) atoms. The first-order valence-corrected chi connectivity index (χ1v) is 6.11. The van der Waals surface area contributed by atoms with Crippen LogP contribution in [0.2, 0.25) is 0 Å². The van der Waals surface area contributed by atoms with Gasteiger partial charge in [-0.25, -0.2) is 0 Å². The molecule has 6 heteroatoms. The average Bonchev–Trinajstić information content (AvgIpc) is 2.75. The number of hydrogen-bond acceptors (Lipinski definition) is 4. The predicted octanol–water partition coefficient (Wildman–Crippen LogP) is 3.07. The highest BCUT2D eigenvalue weighted by molar-refractivity contribution is 9.10. The number of hydrogen-bond donors (Lipinski definition) is 0. The lowest BCUT2D eigenvalue weighted by Gasteiger charge is -1.94. The van der Waals surface area contributed by atoms with Crippen LogP contribution >= 0.6 is 27.5 Å². The summed E-state index contributed by atoms with van der Waals surface area (Å²) in [5.74, 6) is 1.69. The average molecular weight is 303 g/mol. The van der Waals surface area contributed by atoms with Crippen molar-refractivity contribution in [2.24, 2.45) is 0 Å². The second kappa shape index (κ2) is 5.41. The number of halogens is 2. The Bertz CT molecular complexity index is 475. The van der Waals surface area contributed by atoms with Crippen molar-refractivity contribution in [3.63, 3.8) is 0 Å². The number of nitrogens with zero attached hydrogens (tertiary/aromatic N) is 3. The zero-order valence-electron chi connectivity index (χ0n) is 8.36. The summed E-state index contributed by atoms with van der Waals surface area (Å²) < 4.78 is 6.37. The van der Waals surface area contributed by atoms with Crippen molar-refractivity contribution in [1.29, 1.82) is 0 Å². The molecule has 2 heterocycles. The van der Waals surface area contributed by atoms with E-state index in [9.17, 15) is 0 Å². The van der Waals surface area contributed by atoms with Gasteiger partial charge in [-0.15, -0.1) is 21.8 Å². The molecular weight excluding hydrogens is 293 g/mol. The van der Waals surface area contributed by atoms with Crippen LogP contribution in [0.4, 0.5) is 0 Å². The molecule has 0 saturated carbocycles. The Morgan fingerprint density at radius 1 is 1.31 bits per heavy atom. The maximum absolute atomic E-state index is 5.59. The van der Waals surface area contributed by atoms with Crippen molar-refractivity contribution in [1.82, 2.24) is 15.2 Å². The van der Waals surface area contributed by atoms with Crippen LogP contribution in [0.15, 0.2) is 27.3 Å². The zero-order chi connectivity index (χ0) is 11.4. The van der Waals surface area contributed by atoms with Gasteiger partial charge < -0.3 is 4.42 Å². The number of alkyl halides is 1. The maximum Gasteiger partial charge on any atom is 0.249 e. The molecule has 0 amide bonds. The third kappa shape index (κ3) is 2.80. The van der Waals surface area contributed by atoms with Crippen LogP contribution in [0.5, 0.6) is 0 Å². The van der Waals surface area contributed by atoms with Gasteiger partial charge in [0.15, 0.2) is 0 Å². The first-order chi connectivity index (χ1) is 7.79. The maximum atomic E-state index is 5.59. The first kappa shape index (κ1) is 11.5. The van der Waals surface area contributed by atoms with E-state index in [0.717, 1.165) is 16.5 Å². The van der Waals surface area contributed by atoms with E-state index in [1.807, 2.05) is 6.07 Å². The van der Waals surface area contributed by atoms with Crippen molar-refractivity contribution in [2.45, 2.75) is 12.8 Å². The summed E-state index contributed by atoms with van der Waals surface area (Å²) in [5.41, 5.74) is 0.805. The number of pyridine rings is 1. The minimum Gasteiger partial charge on any atom is -0.421 e. The minimum absolute atomic E-state index is 0.485. The van der Waals surface area contributed by atoms with Crippen LogP contribution in [0.1, 0.15) is 12.3 Å². The number of aryl methyl sites for hydroxylation is 1. The Labute approximate surface area is 106 Å². The minimum atomic E-state index is 0.485. The first-order valence-electron chi connectivity index (χ1n) is 4.79. The van der Waals surface area contributed by atoms with E-state index in [2.05, 4.69) is 31.1 Å². The van der Waals surface area contributed by atoms with Gasteiger partial charge in [-0.05, 0) is 28.4 Å². The van der Waals surface area contributed by atoms with E-state index in [-0.39, 0.29) is 0 Å². The highest BCUT2D eigenvalue weighted by atomic mass is 79.9. The summed E-state index contributed by atoms with van der Waals surface area (Å²) in [6, 6.07) is 1.88. The lowest BCUT2D eigenvalue weighted by atomic mass is 10.3. The molecule has 0 spiro atoms. The molecular formula is C10H9BrClN3O. The van der Waals surface area contributed by atoms with Gasteiger partial charge in [-0.1, -0.05) is 0 Å². The molecule has 0 radical (unpaired) electrons. The molecule has 0 unspecified atom stereocenters. The van der Waals surface area contributed by atoms with E-state index in [0.29, 0.717) is 24.1 Å². The second-order valence-electron chi connectivity index (χ2n) is 3.19. The van der Waals surface area contributed by atoms with E-state index in [4.69, 9.17) is 16.0 Å². The summed E-state index contributed by atoms with van der Waals surface area (Å²) >= 11 is 8.93. The van der Waals surface area contributed by atoms with Gasteiger partial charge in [0.2, 0.25) is 11.8 Å². The number of rotatable bonds is 4. The third-order valence-corrected chi connectivity index (χ3v) is 2.64. The van der Waals surface area contributed by atoms with Gasteiger partial charge in [0, 0.05) is 29.2 Å². The second-order valence-corrected chi connectivity index (χ2v) is 4.48. The summed E-state index contributed by atoms with van der Waals surface area (Å²) in [4.78, 5) is 4.04. The van der Waals surface area contributed by atoms with Crippen LogP contribution in [0.25, 0.3) is 11.5 Å². The Hall–Kier alpha value is -0.940. The van der Waals surface area contributed by atoms with E-state index in [1.165, 1.54) is 0 Å². The number of aromatic nitrogens is 3. The summed E-state index contributed by atoms with van der Waals surface area (Å²) in [7, 11) is 0. The van der Waals surface area contributed by atoms with Crippen molar-refractivity contribution in [3.8, 4) is 11.5 Å². The lowest BCUT2D eigenvalue weighted by Crippen LogP contribution is -1.85. The van der Waals surface area contributed by atoms with Gasteiger partial charge in [0.1, 0.15) is 0 Å². The molecule has 0 aliphatic heterocycles. The Morgan fingerprint density at radius 3 is 2.94 bits per heavy atom. The fourth-order valence-electron chi connectivity index (χ4n) is 1.22. The van der Waals surface area contributed by atoms with Crippen LogP contribution < -0.4 is 0 Å². The fourth-order valence-corrected chi connectivity index (χ4v) is 1.72. The van der Waals surface area contributed by atoms with Crippen LogP contribution in [0.3, 0.4) is 0 Å².